The van der Waals surface area contributed by atoms with Gasteiger partial charge in [-0.05, 0) is 45.4 Å². The van der Waals surface area contributed by atoms with E-state index in [1.165, 1.54) is 13.4 Å². The van der Waals surface area contributed by atoms with Gasteiger partial charge in [0.25, 0.3) is 5.91 Å². The normalized spacial score (nSPS) is 15.0. The lowest BCUT2D eigenvalue weighted by Crippen LogP contribution is -2.34. The summed E-state index contributed by atoms with van der Waals surface area (Å²) in [6.07, 6.45) is 1.42. The van der Waals surface area contributed by atoms with Crippen LogP contribution in [0.4, 0.5) is 5.95 Å². The van der Waals surface area contributed by atoms with Gasteiger partial charge in [0.2, 0.25) is 5.95 Å². The first-order valence-corrected chi connectivity index (χ1v) is 10.6. The minimum absolute atomic E-state index is 0.0922. The number of anilines is 1. The predicted octanol–water partition coefficient (Wildman–Crippen LogP) is 2.39. The summed E-state index contributed by atoms with van der Waals surface area (Å²) in [5.41, 5.74) is 1.80. The lowest BCUT2D eigenvalue weighted by molar-refractivity contribution is -0.139. The number of likely N-dealkylation sites (N-methyl/N-ethyl adjacent to an activating group) is 1. The molecule has 2 heterocycles. The number of carbonyl (C=O) groups excluding carboxylic acids is 2. The lowest BCUT2D eigenvalue weighted by atomic mass is 9.95. The molecule has 0 radical (unpaired) electrons. The number of esters is 1. The average Bonchev–Trinajstić information content (AvgIpc) is 3.25. The Bertz CT molecular complexity index is 1010. The van der Waals surface area contributed by atoms with Crippen LogP contribution in [-0.2, 0) is 14.3 Å². The number of fused-ring (bicyclic) bond motifs is 1. The van der Waals surface area contributed by atoms with Crippen LogP contribution in [0.25, 0.3) is 0 Å². The molecule has 10 nitrogen and oxygen atoms in total. The fourth-order valence-corrected chi connectivity index (χ4v) is 3.65. The fraction of sp³-hybridized carbons (Fsp3) is 0.455. The van der Waals surface area contributed by atoms with Crippen LogP contribution in [0.3, 0.4) is 0 Å². The number of nitrogens with one attached hydrogen (secondary N) is 1. The molecule has 1 unspecified atom stereocenters. The van der Waals surface area contributed by atoms with E-state index in [9.17, 15) is 9.59 Å². The highest BCUT2D eigenvalue weighted by Crippen LogP contribution is 2.38. The van der Waals surface area contributed by atoms with Crippen molar-refractivity contribution >= 4 is 17.8 Å². The number of carbonyl (C=O) groups is 2. The third-order valence-electron chi connectivity index (χ3n) is 5.26. The van der Waals surface area contributed by atoms with Crippen LogP contribution in [0.2, 0.25) is 0 Å². The van der Waals surface area contributed by atoms with Crippen molar-refractivity contribution in [3.63, 3.8) is 0 Å². The molecule has 1 aromatic carbocycles. The highest BCUT2D eigenvalue weighted by molar-refractivity contribution is 5.92. The molecule has 10 heteroatoms. The Morgan fingerprint density at radius 3 is 2.59 bits per heavy atom. The number of hydrogen-bond donors (Lipinski definition) is 1. The SMILES string of the molecule is CCOC(=O)C1=C(C)Nc2ncnn2C1c1ccc(OCC(=O)N(CC)CC)c(OC)c1. The summed E-state index contributed by atoms with van der Waals surface area (Å²) in [6, 6.07) is 4.74. The van der Waals surface area contributed by atoms with Crippen molar-refractivity contribution in [2.75, 3.05) is 38.7 Å². The van der Waals surface area contributed by atoms with E-state index in [1.807, 2.05) is 19.9 Å². The summed E-state index contributed by atoms with van der Waals surface area (Å²) in [6.45, 7) is 8.80. The molecule has 1 aliphatic rings. The van der Waals surface area contributed by atoms with Gasteiger partial charge < -0.3 is 24.4 Å². The zero-order chi connectivity index (χ0) is 23.3. The topological polar surface area (TPSA) is 108 Å². The van der Waals surface area contributed by atoms with E-state index in [2.05, 4.69) is 15.4 Å². The van der Waals surface area contributed by atoms with Crippen molar-refractivity contribution in [3.8, 4) is 11.5 Å². The number of rotatable bonds is 9. The van der Waals surface area contributed by atoms with Gasteiger partial charge in [-0.1, -0.05) is 6.07 Å². The number of ether oxygens (including phenoxy) is 3. The van der Waals surface area contributed by atoms with Crippen LogP contribution in [0.15, 0.2) is 35.8 Å². The first kappa shape index (κ1) is 23.1. The average molecular weight is 444 g/mol. The summed E-state index contributed by atoms with van der Waals surface area (Å²) >= 11 is 0. The Balaban J connectivity index is 1.94. The number of amides is 1. The molecule has 3 rings (SSSR count). The van der Waals surface area contributed by atoms with Gasteiger partial charge in [0.1, 0.15) is 12.4 Å². The van der Waals surface area contributed by atoms with Crippen LogP contribution in [0, 0.1) is 0 Å². The van der Waals surface area contributed by atoms with E-state index in [4.69, 9.17) is 14.2 Å². The minimum atomic E-state index is -0.562. The Hall–Kier alpha value is -3.56. The molecule has 0 spiro atoms. The second-order valence-corrected chi connectivity index (χ2v) is 7.08. The van der Waals surface area contributed by atoms with Crippen LogP contribution in [-0.4, -0.2) is 65.0 Å². The molecule has 0 saturated heterocycles. The van der Waals surface area contributed by atoms with Gasteiger partial charge in [0.05, 0.1) is 19.3 Å². The molecule has 0 saturated carbocycles. The molecule has 1 amide bonds. The predicted molar refractivity (Wildman–Crippen MR) is 118 cm³/mol. The van der Waals surface area contributed by atoms with Gasteiger partial charge in [-0.15, -0.1) is 0 Å². The Morgan fingerprint density at radius 1 is 1.19 bits per heavy atom. The van der Waals surface area contributed by atoms with Gasteiger partial charge in [0.15, 0.2) is 18.1 Å². The van der Waals surface area contributed by atoms with Crippen LogP contribution in [0.1, 0.15) is 39.3 Å². The molecule has 1 N–H and O–H groups in total. The van der Waals surface area contributed by atoms with Crippen molar-refractivity contribution in [3.05, 3.63) is 41.4 Å². The van der Waals surface area contributed by atoms with E-state index in [1.54, 1.807) is 35.6 Å². The maximum atomic E-state index is 12.8. The molecule has 1 aromatic heterocycles. The summed E-state index contributed by atoms with van der Waals surface area (Å²) in [5.74, 6) is 0.853. The molecule has 1 aliphatic heterocycles. The van der Waals surface area contributed by atoms with Gasteiger partial charge in [-0.2, -0.15) is 10.1 Å². The van der Waals surface area contributed by atoms with E-state index < -0.39 is 12.0 Å². The first-order chi connectivity index (χ1) is 15.4. The van der Waals surface area contributed by atoms with Crippen molar-refractivity contribution in [2.45, 2.75) is 33.7 Å². The van der Waals surface area contributed by atoms with Gasteiger partial charge >= 0.3 is 5.97 Å². The third-order valence-corrected chi connectivity index (χ3v) is 5.26. The van der Waals surface area contributed by atoms with Crippen LogP contribution >= 0.6 is 0 Å². The maximum absolute atomic E-state index is 12.8. The smallest absolute Gasteiger partial charge is 0.338 e. The van der Waals surface area contributed by atoms with E-state index >= 15 is 0 Å². The largest absolute Gasteiger partial charge is 0.493 e. The van der Waals surface area contributed by atoms with Crippen molar-refractivity contribution < 1.29 is 23.8 Å². The molecule has 0 fully saturated rings. The highest BCUT2D eigenvalue weighted by atomic mass is 16.5. The van der Waals surface area contributed by atoms with Crippen LogP contribution < -0.4 is 14.8 Å². The van der Waals surface area contributed by atoms with E-state index in [0.717, 1.165) is 5.56 Å². The third kappa shape index (κ3) is 4.53. The zero-order valence-electron chi connectivity index (χ0n) is 19.0. The number of allylic oxidation sites excluding steroid dienone is 1. The molecular formula is C22H29N5O5. The van der Waals surface area contributed by atoms with Crippen molar-refractivity contribution in [1.29, 1.82) is 0 Å². The molecule has 32 heavy (non-hydrogen) atoms. The maximum Gasteiger partial charge on any atom is 0.338 e. The Labute approximate surface area is 187 Å². The lowest BCUT2D eigenvalue weighted by Gasteiger charge is -2.28. The number of hydrogen-bond acceptors (Lipinski definition) is 8. The fourth-order valence-electron chi connectivity index (χ4n) is 3.65. The number of aromatic nitrogens is 3. The summed E-state index contributed by atoms with van der Waals surface area (Å²) in [4.78, 5) is 31.0. The van der Waals surface area contributed by atoms with Crippen molar-refractivity contribution in [1.82, 2.24) is 19.7 Å². The molecule has 0 aliphatic carbocycles. The number of nitrogens with zero attached hydrogens (tertiary/aromatic N) is 4. The van der Waals surface area contributed by atoms with Gasteiger partial charge in [-0.3, -0.25) is 4.79 Å². The summed E-state index contributed by atoms with van der Waals surface area (Å²) < 4.78 is 18.2. The first-order valence-electron chi connectivity index (χ1n) is 10.6. The van der Waals surface area contributed by atoms with Gasteiger partial charge in [-0.25, -0.2) is 9.48 Å². The summed E-state index contributed by atoms with van der Waals surface area (Å²) in [5, 5.41) is 7.39. The van der Waals surface area contributed by atoms with Crippen LogP contribution in [0.5, 0.6) is 11.5 Å². The molecular weight excluding hydrogens is 414 g/mol. The minimum Gasteiger partial charge on any atom is -0.493 e. The Morgan fingerprint density at radius 2 is 1.94 bits per heavy atom. The monoisotopic (exact) mass is 443 g/mol. The second-order valence-electron chi connectivity index (χ2n) is 7.08. The second kappa shape index (κ2) is 10.2. The molecule has 172 valence electrons. The molecule has 0 bridgehead atoms. The highest BCUT2D eigenvalue weighted by Gasteiger charge is 2.34. The molecule has 1 atom stereocenters. The standard InChI is InChI=1S/C22H29N5O5/c1-6-26(7-2)18(28)12-32-16-10-9-15(11-17(16)30-5)20-19(21(29)31-8-3)14(4)25-22-23-13-24-27(20)22/h9-11,13,20H,6-8,12H2,1-5H3,(H,23,24,25). The number of methoxy groups -OCH3 is 1. The van der Waals surface area contributed by atoms with Gasteiger partial charge in [0, 0.05) is 18.8 Å². The van der Waals surface area contributed by atoms with E-state index in [-0.39, 0.29) is 19.1 Å². The van der Waals surface area contributed by atoms with Crippen molar-refractivity contribution in [2.24, 2.45) is 0 Å². The Kier molecular flexibility index (Phi) is 7.34. The van der Waals surface area contributed by atoms with E-state index in [0.29, 0.717) is 41.8 Å². The summed E-state index contributed by atoms with van der Waals surface area (Å²) in [7, 11) is 1.52. The zero-order valence-corrected chi connectivity index (χ0v) is 19.0. The quantitative estimate of drug-likeness (QED) is 0.589. The molecule has 2 aromatic rings. The number of benzene rings is 1.